The molecule has 0 aromatic heterocycles. The fraction of sp³-hybridized carbons (Fsp3) is 0.455. The van der Waals surface area contributed by atoms with E-state index in [1.54, 1.807) is 24.3 Å². The van der Waals surface area contributed by atoms with Gasteiger partial charge in [0.25, 0.3) is 23.6 Å². The monoisotopic (exact) mass is 446 g/mol. The second-order valence-corrected chi connectivity index (χ2v) is 6.92. The van der Waals surface area contributed by atoms with Gasteiger partial charge in [-0.05, 0) is 12.1 Å². The predicted octanol–water partition coefficient (Wildman–Crippen LogP) is 0.274. The molecule has 0 saturated heterocycles. The Morgan fingerprint density at radius 3 is 1.34 bits per heavy atom. The lowest BCUT2D eigenvalue weighted by Crippen LogP contribution is -2.33. The van der Waals surface area contributed by atoms with Crippen molar-refractivity contribution >= 4 is 23.6 Å². The van der Waals surface area contributed by atoms with E-state index in [1.807, 2.05) is 0 Å². The van der Waals surface area contributed by atoms with Crippen LogP contribution in [0.1, 0.15) is 20.7 Å². The van der Waals surface area contributed by atoms with Gasteiger partial charge in [-0.15, -0.1) is 0 Å². The molecule has 10 heteroatoms. The summed E-state index contributed by atoms with van der Waals surface area (Å²) in [6.45, 7) is 3.15. The van der Waals surface area contributed by atoms with E-state index in [-0.39, 0.29) is 49.9 Å². The van der Waals surface area contributed by atoms with Crippen LogP contribution in [-0.4, -0.2) is 99.4 Å². The fourth-order valence-electron chi connectivity index (χ4n) is 3.17. The molecule has 0 bridgehead atoms. The van der Waals surface area contributed by atoms with Crippen LogP contribution in [0.4, 0.5) is 0 Å². The molecule has 0 spiro atoms. The molecule has 0 radical (unpaired) electrons. The molecule has 1 aromatic carbocycles. The van der Waals surface area contributed by atoms with Crippen molar-refractivity contribution in [1.29, 1.82) is 0 Å². The normalized spacial score (nSPS) is 15.4. The Morgan fingerprint density at radius 1 is 0.531 bits per heavy atom. The van der Waals surface area contributed by atoms with Gasteiger partial charge in [0, 0.05) is 12.2 Å². The van der Waals surface area contributed by atoms with Crippen LogP contribution < -0.4 is 0 Å². The average Bonchev–Trinajstić information content (AvgIpc) is 3.24. The lowest BCUT2D eigenvalue weighted by molar-refractivity contribution is -0.137. The topological polar surface area (TPSA) is 112 Å². The lowest BCUT2D eigenvalue weighted by atomic mass is 10.1. The Hall–Kier alpha value is -2.92. The first-order valence-electron chi connectivity index (χ1n) is 10.4. The highest BCUT2D eigenvalue weighted by atomic mass is 16.6. The highest BCUT2D eigenvalue weighted by Crippen LogP contribution is 2.21. The zero-order valence-electron chi connectivity index (χ0n) is 17.7. The molecule has 2 heterocycles. The van der Waals surface area contributed by atoms with Gasteiger partial charge >= 0.3 is 0 Å². The molecule has 0 fully saturated rings. The van der Waals surface area contributed by atoms with Crippen LogP contribution in [-0.2, 0) is 28.5 Å². The molecule has 3 rings (SSSR count). The number of fused-ring (bicyclic) bond motifs is 1. The van der Waals surface area contributed by atoms with Crippen LogP contribution in [0.25, 0.3) is 0 Å². The number of amides is 4. The molecule has 10 nitrogen and oxygen atoms in total. The SMILES string of the molecule is O=C1C=CC(=O)N1CCOCCOCCOCCOCCN1C(=O)c2ccccc2C1=O. The van der Waals surface area contributed by atoms with Gasteiger partial charge in [-0.25, -0.2) is 0 Å². The van der Waals surface area contributed by atoms with Crippen molar-refractivity contribution in [2.24, 2.45) is 0 Å². The minimum atomic E-state index is -0.320. The van der Waals surface area contributed by atoms with E-state index >= 15 is 0 Å². The minimum absolute atomic E-state index is 0.200. The van der Waals surface area contributed by atoms with Gasteiger partial charge in [-0.3, -0.25) is 29.0 Å². The molecule has 32 heavy (non-hydrogen) atoms. The predicted molar refractivity (Wildman–Crippen MR) is 111 cm³/mol. The van der Waals surface area contributed by atoms with Crippen LogP contribution in [0.2, 0.25) is 0 Å². The Morgan fingerprint density at radius 2 is 0.906 bits per heavy atom. The van der Waals surface area contributed by atoms with Crippen LogP contribution in [0.5, 0.6) is 0 Å². The van der Waals surface area contributed by atoms with E-state index in [9.17, 15) is 19.2 Å². The van der Waals surface area contributed by atoms with E-state index in [1.165, 1.54) is 17.1 Å². The number of nitrogens with zero attached hydrogens (tertiary/aromatic N) is 2. The highest BCUT2D eigenvalue weighted by Gasteiger charge is 2.34. The number of imide groups is 2. The zero-order valence-corrected chi connectivity index (χ0v) is 17.7. The van der Waals surface area contributed by atoms with E-state index in [0.717, 1.165) is 4.90 Å². The Balaban J connectivity index is 1.10. The standard InChI is InChI=1S/C22H26N2O8/c25-19-5-6-20(26)23(19)7-9-29-11-13-31-15-16-32-14-12-30-10-8-24-21(27)17-3-1-2-4-18(17)22(24)28/h1-6H,7-16H2. The maximum atomic E-state index is 12.2. The smallest absolute Gasteiger partial charge is 0.261 e. The second-order valence-electron chi connectivity index (χ2n) is 6.92. The maximum absolute atomic E-state index is 12.2. The number of hydrogen-bond acceptors (Lipinski definition) is 8. The van der Waals surface area contributed by atoms with Crippen LogP contribution in [0, 0.1) is 0 Å². The molecular weight excluding hydrogens is 420 g/mol. The molecular formula is C22H26N2O8. The van der Waals surface area contributed by atoms with Gasteiger partial charge in [-0.2, -0.15) is 0 Å². The number of hydrogen-bond donors (Lipinski definition) is 0. The Kier molecular flexibility index (Phi) is 9.05. The first kappa shape index (κ1) is 23.7. The summed E-state index contributed by atoms with van der Waals surface area (Å²) in [5.41, 5.74) is 0.862. The summed E-state index contributed by atoms with van der Waals surface area (Å²) in [6.07, 6.45) is 2.48. The third-order valence-corrected chi connectivity index (χ3v) is 4.81. The zero-order chi connectivity index (χ0) is 22.8. The van der Waals surface area contributed by atoms with E-state index in [4.69, 9.17) is 18.9 Å². The molecule has 0 saturated carbocycles. The summed E-state index contributed by atoms with van der Waals surface area (Å²) in [5, 5.41) is 0. The Bertz CT molecular complexity index is 816. The highest BCUT2D eigenvalue weighted by molar-refractivity contribution is 6.21. The van der Waals surface area contributed by atoms with Crippen molar-refractivity contribution in [1.82, 2.24) is 9.80 Å². The molecule has 0 unspecified atom stereocenters. The van der Waals surface area contributed by atoms with Gasteiger partial charge in [0.15, 0.2) is 0 Å². The Labute approximate surface area is 185 Å². The van der Waals surface area contributed by atoms with Crippen molar-refractivity contribution in [3.8, 4) is 0 Å². The summed E-state index contributed by atoms with van der Waals surface area (Å²) < 4.78 is 21.5. The van der Waals surface area contributed by atoms with Gasteiger partial charge in [0.1, 0.15) is 0 Å². The van der Waals surface area contributed by atoms with E-state index in [0.29, 0.717) is 50.8 Å². The molecule has 2 aliphatic heterocycles. The molecule has 2 aliphatic rings. The quantitative estimate of drug-likeness (QED) is 0.279. The van der Waals surface area contributed by atoms with Crippen molar-refractivity contribution in [3.63, 3.8) is 0 Å². The maximum Gasteiger partial charge on any atom is 0.261 e. The molecule has 1 aromatic rings. The lowest BCUT2D eigenvalue weighted by Gasteiger charge is -2.14. The van der Waals surface area contributed by atoms with E-state index in [2.05, 4.69) is 0 Å². The average molecular weight is 446 g/mol. The van der Waals surface area contributed by atoms with Crippen molar-refractivity contribution < 1.29 is 38.1 Å². The van der Waals surface area contributed by atoms with E-state index < -0.39 is 0 Å². The summed E-state index contributed by atoms with van der Waals surface area (Å²) >= 11 is 0. The van der Waals surface area contributed by atoms with Crippen molar-refractivity contribution in [2.75, 3.05) is 65.9 Å². The molecule has 4 amide bonds. The summed E-state index contributed by atoms with van der Waals surface area (Å²) in [7, 11) is 0. The van der Waals surface area contributed by atoms with Gasteiger partial charge < -0.3 is 18.9 Å². The number of rotatable bonds is 15. The number of benzene rings is 1. The summed E-state index contributed by atoms with van der Waals surface area (Å²) in [6, 6.07) is 6.76. The third kappa shape index (κ3) is 6.30. The fourth-order valence-corrected chi connectivity index (χ4v) is 3.17. The van der Waals surface area contributed by atoms with Crippen LogP contribution in [0.3, 0.4) is 0 Å². The number of carbonyl (C=O) groups is 4. The molecule has 0 N–H and O–H groups in total. The van der Waals surface area contributed by atoms with Crippen molar-refractivity contribution in [3.05, 3.63) is 47.5 Å². The van der Waals surface area contributed by atoms with Gasteiger partial charge in [0.2, 0.25) is 0 Å². The molecule has 0 aliphatic carbocycles. The number of ether oxygens (including phenoxy) is 4. The first-order chi connectivity index (χ1) is 15.6. The second kappa shape index (κ2) is 12.2. The van der Waals surface area contributed by atoms with Crippen molar-refractivity contribution in [2.45, 2.75) is 0 Å². The minimum Gasteiger partial charge on any atom is -0.377 e. The summed E-state index contributed by atoms with van der Waals surface area (Å²) in [5.74, 6) is -1.22. The van der Waals surface area contributed by atoms with Crippen LogP contribution >= 0.6 is 0 Å². The summed E-state index contributed by atoms with van der Waals surface area (Å²) in [4.78, 5) is 49.4. The molecule has 0 atom stereocenters. The van der Waals surface area contributed by atoms with Crippen LogP contribution in [0.15, 0.2) is 36.4 Å². The largest absolute Gasteiger partial charge is 0.377 e. The first-order valence-corrected chi connectivity index (χ1v) is 10.4. The molecule has 172 valence electrons. The van der Waals surface area contributed by atoms with Gasteiger partial charge in [-0.1, -0.05) is 12.1 Å². The third-order valence-electron chi connectivity index (χ3n) is 4.81. The number of carbonyl (C=O) groups excluding carboxylic acids is 4. The van der Waals surface area contributed by atoms with Gasteiger partial charge in [0.05, 0.1) is 77.1 Å².